The molecule has 0 unspecified atom stereocenters. The zero-order chi connectivity index (χ0) is 17.6. The highest BCUT2D eigenvalue weighted by molar-refractivity contribution is 6.09. The monoisotopic (exact) mass is 343 g/mol. The number of nitrogens with zero attached hydrogens (tertiary/aromatic N) is 1. The first-order chi connectivity index (χ1) is 12.3. The number of aryl methyl sites for hydroxylation is 1. The molecule has 2 N–H and O–H groups in total. The van der Waals surface area contributed by atoms with Crippen molar-refractivity contribution in [3.8, 4) is 5.88 Å². The van der Waals surface area contributed by atoms with Crippen LogP contribution in [0.4, 0.5) is 0 Å². The predicted molar refractivity (Wildman–Crippen MR) is 101 cm³/mol. The second-order valence-electron chi connectivity index (χ2n) is 6.45. The number of carbonyl (C=O) groups is 1. The lowest BCUT2D eigenvalue weighted by molar-refractivity contribution is 0.0939. The van der Waals surface area contributed by atoms with Gasteiger partial charge in [0.15, 0.2) is 0 Å². The van der Waals surface area contributed by atoms with Gasteiger partial charge in [0.1, 0.15) is 5.56 Å². The summed E-state index contributed by atoms with van der Waals surface area (Å²) in [5.74, 6) is 1.31. The van der Waals surface area contributed by atoms with Gasteiger partial charge in [0.2, 0.25) is 5.88 Å². The molecular formula is C20H29N3O2. The third-order valence-electron chi connectivity index (χ3n) is 4.93. The largest absolute Gasteiger partial charge is 0.478 e. The minimum atomic E-state index is -0.00428. The van der Waals surface area contributed by atoms with Crippen LogP contribution in [0.3, 0.4) is 0 Å². The standard InChI is InChI=1S/C18H23N3O2.C2H6/c22-17(20-12-13-6-8-19-9-7-13)16-14-4-1-2-5-15(14)21-10-3-11-23-18(16)21;1-2/h1-2,4-5,13,19H,3,6-12H2,(H,20,22);1-2H3. The summed E-state index contributed by atoms with van der Waals surface area (Å²) in [5, 5.41) is 7.49. The van der Waals surface area contributed by atoms with E-state index in [2.05, 4.69) is 21.3 Å². The summed E-state index contributed by atoms with van der Waals surface area (Å²) in [7, 11) is 0. The molecule has 4 rings (SSSR count). The normalized spacial score (nSPS) is 17.2. The highest BCUT2D eigenvalue weighted by atomic mass is 16.5. The summed E-state index contributed by atoms with van der Waals surface area (Å²) >= 11 is 0. The van der Waals surface area contributed by atoms with Crippen LogP contribution in [0.25, 0.3) is 10.9 Å². The van der Waals surface area contributed by atoms with Gasteiger partial charge in [0.25, 0.3) is 5.91 Å². The molecule has 5 heteroatoms. The van der Waals surface area contributed by atoms with Crippen LogP contribution in [0, 0.1) is 5.92 Å². The Labute approximate surface area is 149 Å². The maximum atomic E-state index is 12.8. The van der Waals surface area contributed by atoms with Gasteiger partial charge in [0, 0.05) is 18.5 Å². The van der Waals surface area contributed by atoms with Crippen molar-refractivity contribution >= 4 is 16.8 Å². The smallest absolute Gasteiger partial charge is 0.257 e. The Balaban J connectivity index is 0.000000880. The van der Waals surface area contributed by atoms with Crippen LogP contribution in [0.5, 0.6) is 5.88 Å². The summed E-state index contributed by atoms with van der Waals surface area (Å²) in [6, 6.07) is 8.08. The van der Waals surface area contributed by atoms with E-state index in [-0.39, 0.29) is 5.91 Å². The van der Waals surface area contributed by atoms with Crippen molar-refractivity contribution in [1.82, 2.24) is 15.2 Å². The Bertz CT molecular complexity index is 717. The van der Waals surface area contributed by atoms with Crippen molar-refractivity contribution in [1.29, 1.82) is 0 Å². The van der Waals surface area contributed by atoms with Gasteiger partial charge in [-0.2, -0.15) is 0 Å². The summed E-state index contributed by atoms with van der Waals surface area (Å²) < 4.78 is 7.98. The molecule has 5 nitrogen and oxygen atoms in total. The van der Waals surface area contributed by atoms with Crippen LogP contribution in [-0.4, -0.2) is 36.7 Å². The van der Waals surface area contributed by atoms with E-state index in [1.807, 2.05) is 32.0 Å². The van der Waals surface area contributed by atoms with Crippen molar-refractivity contribution in [2.45, 2.75) is 39.7 Å². The topological polar surface area (TPSA) is 55.3 Å². The van der Waals surface area contributed by atoms with E-state index in [9.17, 15) is 4.79 Å². The van der Waals surface area contributed by atoms with E-state index in [1.54, 1.807) is 0 Å². The SMILES string of the molecule is CC.O=C(NCC1CCNCC1)c1c2n(c3ccccc13)CCCO2. The van der Waals surface area contributed by atoms with Crippen molar-refractivity contribution in [3.05, 3.63) is 29.8 Å². The lowest BCUT2D eigenvalue weighted by atomic mass is 9.98. The van der Waals surface area contributed by atoms with Gasteiger partial charge in [-0.3, -0.25) is 4.79 Å². The van der Waals surface area contributed by atoms with Gasteiger partial charge >= 0.3 is 0 Å². The number of piperidine rings is 1. The zero-order valence-electron chi connectivity index (χ0n) is 15.3. The minimum Gasteiger partial charge on any atom is -0.478 e. The average Bonchev–Trinajstić information content (AvgIpc) is 3.03. The van der Waals surface area contributed by atoms with Crippen molar-refractivity contribution in [2.75, 3.05) is 26.2 Å². The van der Waals surface area contributed by atoms with E-state index in [0.717, 1.165) is 62.2 Å². The number of carbonyl (C=O) groups excluding carboxylic acids is 1. The van der Waals surface area contributed by atoms with Gasteiger partial charge in [-0.05, 0) is 44.3 Å². The Morgan fingerprint density at radius 1 is 1.28 bits per heavy atom. The molecule has 0 aliphatic carbocycles. The van der Waals surface area contributed by atoms with Crippen LogP contribution in [0.2, 0.25) is 0 Å². The number of rotatable bonds is 3. The molecule has 136 valence electrons. The van der Waals surface area contributed by atoms with Crippen molar-refractivity contribution in [3.63, 3.8) is 0 Å². The molecule has 0 atom stereocenters. The molecular weight excluding hydrogens is 314 g/mol. The van der Waals surface area contributed by atoms with Gasteiger partial charge in [0.05, 0.1) is 12.1 Å². The average molecular weight is 343 g/mol. The number of nitrogens with one attached hydrogen (secondary N) is 2. The highest BCUT2D eigenvalue weighted by Gasteiger charge is 2.26. The maximum Gasteiger partial charge on any atom is 0.257 e. The highest BCUT2D eigenvalue weighted by Crippen LogP contribution is 2.34. The first-order valence-electron chi connectivity index (χ1n) is 9.57. The molecule has 3 heterocycles. The second-order valence-corrected chi connectivity index (χ2v) is 6.45. The quantitative estimate of drug-likeness (QED) is 0.900. The first-order valence-corrected chi connectivity index (χ1v) is 9.57. The van der Waals surface area contributed by atoms with Crippen molar-refractivity contribution < 1.29 is 9.53 Å². The molecule has 1 amide bonds. The van der Waals surface area contributed by atoms with Crippen LogP contribution < -0.4 is 15.4 Å². The van der Waals surface area contributed by atoms with Crippen molar-refractivity contribution in [2.24, 2.45) is 5.92 Å². The van der Waals surface area contributed by atoms with E-state index in [1.165, 1.54) is 0 Å². The van der Waals surface area contributed by atoms with E-state index < -0.39 is 0 Å². The number of hydrogen-bond acceptors (Lipinski definition) is 3. The molecule has 1 fully saturated rings. The number of ether oxygens (including phenoxy) is 1. The lowest BCUT2D eigenvalue weighted by Crippen LogP contribution is -2.36. The van der Waals surface area contributed by atoms with Gasteiger partial charge < -0.3 is 19.9 Å². The number of benzene rings is 1. The minimum absolute atomic E-state index is 0.00428. The Morgan fingerprint density at radius 2 is 2.04 bits per heavy atom. The fourth-order valence-corrected chi connectivity index (χ4v) is 3.67. The second kappa shape index (κ2) is 8.39. The molecule has 0 spiro atoms. The van der Waals surface area contributed by atoms with Crippen LogP contribution in [0.1, 0.15) is 43.5 Å². The van der Waals surface area contributed by atoms with Crippen LogP contribution in [0.15, 0.2) is 24.3 Å². The molecule has 1 aromatic heterocycles. The maximum absolute atomic E-state index is 12.8. The molecule has 25 heavy (non-hydrogen) atoms. The van der Waals surface area contributed by atoms with Gasteiger partial charge in [-0.15, -0.1) is 0 Å². The molecule has 0 bridgehead atoms. The predicted octanol–water partition coefficient (Wildman–Crippen LogP) is 3.18. The molecule has 0 saturated carbocycles. The fourth-order valence-electron chi connectivity index (χ4n) is 3.67. The zero-order valence-corrected chi connectivity index (χ0v) is 15.3. The summed E-state index contributed by atoms with van der Waals surface area (Å²) in [6.07, 6.45) is 3.25. The third kappa shape index (κ3) is 3.66. The molecule has 2 aliphatic rings. The Morgan fingerprint density at radius 3 is 2.84 bits per heavy atom. The van der Waals surface area contributed by atoms with E-state index >= 15 is 0 Å². The molecule has 1 saturated heterocycles. The van der Waals surface area contributed by atoms with Gasteiger partial charge in [-0.25, -0.2) is 0 Å². The number of amides is 1. The Hall–Kier alpha value is -2.01. The molecule has 2 aliphatic heterocycles. The van der Waals surface area contributed by atoms with Crippen LogP contribution in [-0.2, 0) is 6.54 Å². The van der Waals surface area contributed by atoms with Crippen LogP contribution >= 0.6 is 0 Å². The molecule has 2 aromatic rings. The third-order valence-corrected chi connectivity index (χ3v) is 4.93. The fraction of sp³-hybridized carbons (Fsp3) is 0.550. The number of aromatic nitrogens is 1. The Kier molecular flexibility index (Phi) is 5.97. The van der Waals surface area contributed by atoms with E-state index in [0.29, 0.717) is 18.1 Å². The molecule has 0 radical (unpaired) electrons. The summed E-state index contributed by atoms with van der Waals surface area (Å²) in [5.41, 5.74) is 1.79. The lowest BCUT2D eigenvalue weighted by Gasteiger charge is -2.23. The first kappa shape index (κ1) is 17.8. The van der Waals surface area contributed by atoms with E-state index in [4.69, 9.17) is 4.74 Å². The number of hydrogen-bond donors (Lipinski definition) is 2. The van der Waals surface area contributed by atoms with Gasteiger partial charge in [-0.1, -0.05) is 32.0 Å². The summed E-state index contributed by atoms with van der Waals surface area (Å²) in [6.45, 7) is 8.45. The molecule has 1 aromatic carbocycles. The number of para-hydroxylation sites is 1. The summed E-state index contributed by atoms with van der Waals surface area (Å²) in [4.78, 5) is 12.8. The number of fused-ring (bicyclic) bond motifs is 3.